The summed E-state index contributed by atoms with van der Waals surface area (Å²) < 4.78 is 4.81. The van der Waals surface area contributed by atoms with Gasteiger partial charge in [0.05, 0.1) is 6.04 Å². The Bertz CT molecular complexity index is 186. The molecule has 1 aromatic rings. The minimum absolute atomic E-state index is 0.0857. The molecule has 0 aromatic carbocycles. The lowest BCUT2D eigenvalue weighted by Gasteiger charge is -2.03. The highest BCUT2D eigenvalue weighted by molar-refractivity contribution is 4.83. The summed E-state index contributed by atoms with van der Waals surface area (Å²) in [5, 5.41) is 3.49. The van der Waals surface area contributed by atoms with Gasteiger partial charge in [-0.05, 0) is 6.42 Å². The summed E-state index contributed by atoms with van der Waals surface area (Å²) in [5.41, 5.74) is 5.73. The lowest BCUT2D eigenvalue weighted by molar-refractivity contribution is 0.345. The maximum absolute atomic E-state index is 5.73. The predicted molar refractivity (Wildman–Crippen MR) is 40.8 cm³/mol. The van der Waals surface area contributed by atoms with Crippen molar-refractivity contribution < 1.29 is 4.52 Å². The number of aromatic nitrogens is 2. The Morgan fingerprint density at radius 3 is 3.09 bits per heavy atom. The molecular formula is C7H13N3O. The van der Waals surface area contributed by atoms with E-state index in [4.69, 9.17) is 10.3 Å². The van der Waals surface area contributed by atoms with Crippen LogP contribution in [0.4, 0.5) is 0 Å². The highest BCUT2D eigenvalue weighted by Crippen LogP contribution is 2.12. The molecule has 0 spiro atoms. The zero-order valence-electron chi connectivity index (χ0n) is 6.66. The van der Waals surface area contributed by atoms with Crippen molar-refractivity contribution in [3.05, 3.63) is 12.2 Å². The third kappa shape index (κ3) is 2.31. The topological polar surface area (TPSA) is 64.9 Å². The normalized spacial score (nSPS) is 13.3. The third-order valence-corrected chi connectivity index (χ3v) is 1.56. The highest BCUT2D eigenvalue weighted by atomic mass is 16.5. The molecule has 0 amide bonds. The van der Waals surface area contributed by atoms with Gasteiger partial charge in [-0.25, -0.2) is 0 Å². The van der Waals surface area contributed by atoms with Crippen LogP contribution in [0.25, 0.3) is 0 Å². The second-order valence-corrected chi connectivity index (χ2v) is 2.53. The summed E-state index contributed by atoms with van der Waals surface area (Å²) in [4.78, 5) is 3.87. The van der Waals surface area contributed by atoms with Crippen LogP contribution in [0.2, 0.25) is 0 Å². The first kappa shape index (κ1) is 8.20. The van der Waals surface area contributed by atoms with E-state index in [-0.39, 0.29) is 6.04 Å². The molecule has 0 radical (unpaired) electrons. The number of nitrogens with two attached hydrogens (primary N) is 1. The molecule has 62 valence electrons. The van der Waals surface area contributed by atoms with E-state index in [0.29, 0.717) is 5.89 Å². The van der Waals surface area contributed by atoms with Crippen molar-refractivity contribution in [1.29, 1.82) is 0 Å². The quantitative estimate of drug-likeness (QED) is 0.710. The molecule has 1 atom stereocenters. The van der Waals surface area contributed by atoms with E-state index < -0.39 is 0 Å². The maximum atomic E-state index is 5.73. The van der Waals surface area contributed by atoms with Crippen molar-refractivity contribution in [3.63, 3.8) is 0 Å². The van der Waals surface area contributed by atoms with Crippen molar-refractivity contribution in [3.8, 4) is 0 Å². The Morgan fingerprint density at radius 1 is 1.73 bits per heavy atom. The van der Waals surface area contributed by atoms with E-state index >= 15 is 0 Å². The van der Waals surface area contributed by atoms with Crippen LogP contribution >= 0.6 is 0 Å². The molecule has 1 aromatic heterocycles. The van der Waals surface area contributed by atoms with Gasteiger partial charge in [-0.1, -0.05) is 24.9 Å². The zero-order chi connectivity index (χ0) is 8.10. The van der Waals surface area contributed by atoms with Crippen LogP contribution in [0, 0.1) is 0 Å². The van der Waals surface area contributed by atoms with Crippen molar-refractivity contribution in [2.24, 2.45) is 5.73 Å². The molecule has 1 heterocycles. The summed E-state index contributed by atoms with van der Waals surface area (Å²) >= 11 is 0. The molecule has 1 rings (SSSR count). The van der Waals surface area contributed by atoms with E-state index in [1.54, 1.807) is 0 Å². The summed E-state index contributed by atoms with van der Waals surface area (Å²) in [6, 6.07) is -0.0857. The Kier molecular flexibility index (Phi) is 3.04. The van der Waals surface area contributed by atoms with Crippen LogP contribution < -0.4 is 5.73 Å². The first-order valence-electron chi connectivity index (χ1n) is 3.86. The van der Waals surface area contributed by atoms with E-state index in [0.717, 1.165) is 19.3 Å². The van der Waals surface area contributed by atoms with Gasteiger partial charge in [-0.15, -0.1) is 0 Å². The highest BCUT2D eigenvalue weighted by Gasteiger charge is 2.09. The smallest absolute Gasteiger partial charge is 0.243 e. The number of rotatable bonds is 4. The average Bonchev–Trinajstić information content (AvgIpc) is 2.52. The van der Waals surface area contributed by atoms with Crippen LogP contribution in [0.3, 0.4) is 0 Å². The van der Waals surface area contributed by atoms with Gasteiger partial charge in [0.1, 0.15) is 0 Å². The number of nitrogens with zero attached hydrogens (tertiary/aromatic N) is 2. The summed E-state index contributed by atoms with van der Waals surface area (Å²) in [7, 11) is 0. The second kappa shape index (κ2) is 4.08. The monoisotopic (exact) mass is 155 g/mol. The molecule has 0 bridgehead atoms. The molecule has 4 nitrogen and oxygen atoms in total. The minimum Gasteiger partial charge on any atom is -0.338 e. The van der Waals surface area contributed by atoms with Crippen molar-refractivity contribution in [2.75, 3.05) is 0 Å². The summed E-state index contributed by atoms with van der Waals surface area (Å²) in [6.45, 7) is 2.13. The predicted octanol–water partition coefficient (Wildman–Crippen LogP) is 1.26. The second-order valence-electron chi connectivity index (χ2n) is 2.53. The fraction of sp³-hybridized carbons (Fsp3) is 0.714. The average molecular weight is 155 g/mol. The number of unbranched alkanes of at least 4 members (excludes halogenated alkanes) is 1. The number of hydrogen-bond acceptors (Lipinski definition) is 4. The van der Waals surface area contributed by atoms with Crippen LogP contribution in [0.15, 0.2) is 10.9 Å². The molecule has 0 saturated heterocycles. The zero-order valence-corrected chi connectivity index (χ0v) is 6.66. The van der Waals surface area contributed by atoms with Crippen molar-refractivity contribution in [2.45, 2.75) is 32.2 Å². The molecule has 0 saturated carbocycles. The Hall–Kier alpha value is -0.900. The molecule has 1 unspecified atom stereocenters. The van der Waals surface area contributed by atoms with Gasteiger partial charge in [-0.3, -0.25) is 0 Å². The van der Waals surface area contributed by atoms with Gasteiger partial charge in [0.2, 0.25) is 5.89 Å². The molecule has 0 aliphatic carbocycles. The maximum Gasteiger partial charge on any atom is 0.243 e. The lowest BCUT2D eigenvalue weighted by Crippen LogP contribution is -2.10. The SMILES string of the molecule is CCCCC(N)c1ncno1. The Morgan fingerprint density at radius 2 is 2.55 bits per heavy atom. The van der Waals surface area contributed by atoms with E-state index in [9.17, 15) is 0 Å². The third-order valence-electron chi connectivity index (χ3n) is 1.56. The Balaban J connectivity index is 2.36. The fourth-order valence-corrected chi connectivity index (χ4v) is 0.893. The van der Waals surface area contributed by atoms with Gasteiger partial charge >= 0.3 is 0 Å². The molecule has 0 aliphatic heterocycles. The summed E-state index contributed by atoms with van der Waals surface area (Å²) in [6.07, 6.45) is 4.53. The van der Waals surface area contributed by atoms with Gasteiger partial charge in [0.15, 0.2) is 6.33 Å². The van der Waals surface area contributed by atoms with Gasteiger partial charge in [0.25, 0.3) is 0 Å². The first-order valence-corrected chi connectivity index (χ1v) is 3.86. The van der Waals surface area contributed by atoms with Gasteiger partial charge < -0.3 is 10.3 Å². The lowest BCUT2D eigenvalue weighted by atomic mass is 10.1. The molecule has 0 fully saturated rings. The van der Waals surface area contributed by atoms with Crippen LogP contribution in [0.1, 0.15) is 38.1 Å². The van der Waals surface area contributed by atoms with Crippen molar-refractivity contribution >= 4 is 0 Å². The van der Waals surface area contributed by atoms with Crippen LogP contribution in [0.5, 0.6) is 0 Å². The minimum atomic E-state index is -0.0857. The van der Waals surface area contributed by atoms with E-state index in [2.05, 4.69) is 17.1 Å². The number of hydrogen-bond donors (Lipinski definition) is 1. The van der Waals surface area contributed by atoms with Crippen molar-refractivity contribution in [1.82, 2.24) is 10.1 Å². The van der Waals surface area contributed by atoms with Gasteiger partial charge in [-0.2, -0.15) is 4.98 Å². The largest absolute Gasteiger partial charge is 0.338 e. The van der Waals surface area contributed by atoms with Crippen LogP contribution in [-0.2, 0) is 0 Å². The fourth-order valence-electron chi connectivity index (χ4n) is 0.893. The molecular weight excluding hydrogens is 142 g/mol. The Labute approximate surface area is 65.8 Å². The van der Waals surface area contributed by atoms with E-state index in [1.165, 1.54) is 6.33 Å². The molecule has 0 aliphatic rings. The molecule has 11 heavy (non-hydrogen) atoms. The van der Waals surface area contributed by atoms with Crippen LogP contribution in [-0.4, -0.2) is 10.1 Å². The molecule has 4 heteroatoms. The summed E-state index contributed by atoms with van der Waals surface area (Å²) in [5.74, 6) is 0.540. The molecule has 2 N–H and O–H groups in total. The van der Waals surface area contributed by atoms with Gasteiger partial charge in [0, 0.05) is 0 Å². The first-order chi connectivity index (χ1) is 5.34. The standard InChI is InChI=1S/C7H13N3O/c1-2-3-4-6(8)7-9-5-10-11-7/h5-6H,2-4,8H2,1H3. The van der Waals surface area contributed by atoms with E-state index in [1.807, 2.05) is 0 Å².